The molecule has 1 rings (SSSR count). The van der Waals surface area contributed by atoms with Crippen molar-refractivity contribution in [2.24, 2.45) is 0 Å². The first-order chi connectivity index (χ1) is 9.53. The van der Waals surface area contributed by atoms with Crippen molar-refractivity contribution < 1.29 is 13.2 Å². The molecule has 1 fully saturated rings. The number of nitrogens with one attached hydrogen (secondary N) is 2. The number of amides is 1. The summed E-state index contributed by atoms with van der Waals surface area (Å²) in [5.74, 6) is -0.638. The minimum Gasteiger partial charge on any atom is -0.354 e. The zero-order valence-corrected chi connectivity index (χ0v) is 13.2. The SMILES string of the molecule is CCCCCS(=O)(=O)CC(=O)NCCN1CCNCC1. The number of carbonyl (C=O) groups excluding carboxylic acids is 1. The van der Waals surface area contributed by atoms with Crippen LogP contribution in [0, 0.1) is 0 Å². The number of sulfone groups is 1. The molecule has 0 aliphatic carbocycles. The molecule has 2 N–H and O–H groups in total. The highest BCUT2D eigenvalue weighted by molar-refractivity contribution is 7.92. The van der Waals surface area contributed by atoms with E-state index in [9.17, 15) is 13.2 Å². The average molecular weight is 305 g/mol. The molecule has 0 aromatic heterocycles. The highest BCUT2D eigenvalue weighted by Gasteiger charge is 2.16. The zero-order chi connectivity index (χ0) is 14.8. The molecule has 1 heterocycles. The number of hydrogen-bond donors (Lipinski definition) is 2. The molecule has 0 spiro atoms. The van der Waals surface area contributed by atoms with Crippen molar-refractivity contribution in [2.75, 3.05) is 50.8 Å². The summed E-state index contributed by atoms with van der Waals surface area (Å²) in [5, 5.41) is 5.96. The maximum atomic E-state index is 11.7. The molecular formula is C13H27N3O3S. The Morgan fingerprint density at radius 3 is 2.60 bits per heavy atom. The van der Waals surface area contributed by atoms with Crippen LogP contribution in [0.3, 0.4) is 0 Å². The Balaban J connectivity index is 2.15. The third-order valence-electron chi connectivity index (χ3n) is 3.37. The van der Waals surface area contributed by atoms with Crippen LogP contribution in [0.2, 0.25) is 0 Å². The Kier molecular flexibility index (Phi) is 8.09. The number of hydrogen-bond acceptors (Lipinski definition) is 5. The van der Waals surface area contributed by atoms with Gasteiger partial charge in [0.15, 0.2) is 9.84 Å². The number of unbranched alkanes of at least 4 members (excludes halogenated alkanes) is 2. The Bertz CT molecular complexity index is 378. The molecule has 0 radical (unpaired) electrons. The number of rotatable bonds is 9. The van der Waals surface area contributed by atoms with Crippen molar-refractivity contribution >= 4 is 15.7 Å². The van der Waals surface area contributed by atoms with Crippen LogP contribution in [0.5, 0.6) is 0 Å². The molecule has 1 saturated heterocycles. The third kappa shape index (κ3) is 7.81. The Morgan fingerprint density at radius 2 is 1.95 bits per heavy atom. The fourth-order valence-electron chi connectivity index (χ4n) is 2.18. The molecule has 6 nitrogen and oxygen atoms in total. The quantitative estimate of drug-likeness (QED) is 0.567. The molecule has 0 aromatic carbocycles. The van der Waals surface area contributed by atoms with Gasteiger partial charge in [0.1, 0.15) is 5.75 Å². The third-order valence-corrected chi connectivity index (χ3v) is 4.98. The van der Waals surface area contributed by atoms with Crippen LogP contribution in [-0.4, -0.2) is 70.0 Å². The molecule has 0 atom stereocenters. The summed E-state index contributed by atoms with van der Waals surface area (Å²) in [5.41, 5.74) is 0. The summed E-state index contributed by atoms with van der Waals surface area (Å²) in [4.78, 5) is 13.9. The first kappa shape index (κ1) is 17.4. The van der Waals surface area contributed by atoms with Crippen LogP contribution in [0.25, 0.3) is 0 Å². The van der Waals surface area contributed by atoms with Gasteiger partial charge in [-0.3, -0.25) is 9.69 Å². The van der Waals surface area contributed by atoms with Crippen molar-refractivity contribution in [2.45, 2.75) is 26.2 Å². The lowest BCUT2D eigenvalue weighted by Crippen LogP contribution is -2.46. The average Bonchev–Trinajstić information content (AvgIpc) is 2.39. The fourth-order valence-corrected chi connectivity index (χ4v) is 3.47. The standard InChI is InChI=1S/C13H27N3O3S/c1-2-3-4-11-20(18,19)12-13(17)15-7-10-16-8-5-14-6-9-16/h14H,2-12H2,1H3,(H,15,17). The van der Waals surface area contributed by atoms with E-state index in [1.54, 1.807) is 0 Å². The number of nitrogens with zero attached hydrogens (tertiary/aromatic N) is 1. The molecule has 0 aromatic rings. The second-order valence-electron chi connectivity index (χ2n) is 5.24. The van der Waals surface area contributed by atoms with Gasteiger partial charge in [-0.2, -0.15) is 0 Å². The minimum atomic E-state index is -3.24. The van der Waals surface area contributed by atoms with E-state index in [0.29, 0.717) is 13.0 Å². The Labute approximate surface area is 122 Å². The highest BCUT2D eigenvalue weighted by Crippen LogP contribution is 2.00. The van der Waals surface area contributed by atoms with Crippen LogP contribution in [0.4, 0.5) is 0 Å². The number of carbonyl (C=O) groups is 1. The zero-order valence-electron chi connectivity index (χ0n) is 12.4. The number of piperazine rings is 1. The van der Waals surface area contributed by atoms with E-state index < -0.39 is 9.84 Å². The lowest BCUT2D eigenvalue weighted by molar-refractivity contribution is -0.118. The van der Waals surface area contributed by atoms with Gasteiger partial charge in [-0.15, -0.1) is 0 Å². The predicted octanol–water partition coefficient (Wildman–Crippen LogP) is -0.387. The molecule has 0 unspecified atom stereocenters. The molecule has 1 amide bonds. The van der Waals surface area contributed by atoms with Gasteiger partial charge >= 0.3 is 0 Å². The monoisotopic (exact) mass is 305 g/mol. The van der Waals surface area contributed by atoms with Gasteiger partial charge < -0.3 is 10.6 Å². The van der Waals surface area contributed by atoms with Gasteiger partial charge in [-0.1, -0.05) is 19.8 Å². The van der Waals surface area contributed by atoms with Crippen molar-refractivity contribution in [3.05, 3.63) is 0 Å². The smallest absolute Gasteiger partial charge is 0.235 e. The molecule has 1 aliphatic rings. The maximum Gasteiger partial charge on any atom is 0.235 e. The second-order valence-corrected chi connectivity index (χ2v) is 7.42. The summed E-state index contributed by atoms with van der Waals surface area (Å²) in [7, 11) is -3.24. The van der Waals surface area contributed by atoms with Crippen molar-refractivity contribution in [3.63, 3.8) is 0 Å². The van der Waals surface area contributed by atoms with Gasteiger partial charge in [0.25, 0.3) is 0 Å². The molecule has 118 valence electrons. The summed E-state index contributed by atoms with van der Waals surface area (Å²) >= 11 is 0. The lowest BCUT2D eigenvalue weighted by Gasteiger charge is -2.27. The van der Waals surface area contributed by atoms with E-state index in [1.807, 2.05) is 6.92 Å². The maximum absolute atomic E-state index is 11.7. The first-order valence-corrected chi connectivity index (χ1v) is 9.26. The van der Waals surface area contributed by atoms with E-state index in [2.05, 4.69) is 15.5 Å². The van der Waals surface area contributed by atoms with Gasteiger partial charge in [-0.05, 0) is 6.42 Å². The van der Waals surface area contributed by atoms with Gasteiger partial charge in [0.2, 0.25) is 5.91 Å². The minimum absolute atomic E-state index is 0.117. The van der Waals surface area contributed by atoms with E-state index in [-0.39, 0.29) is 17.4 Å². The van der Waals surface area contributed by atoms with Crippen molar-refractivity contribution in [1.29, 1.82) is 0 Å². The molecule has 0 saturated carbocycles. The highest BCUT2D eigenvalue weighted by atomic mass is 32.2. The van der Waals surface area contributed by atoms with Gasteiger partial charge in [0, 0.05) is 39.3 Å². The van der Waals surface area contributed by atoms with Crippen LogP contribution in [0.15, 0.2) is 0 Å². The molecular weight excluding hydrogens is 278 g/mol. The summed E-state index contributed by atoms with van der Waals surface area (Å²) < 4.78 is 23.4. The fraction of sp³-hybridized carbons (Fsp3) is 0.923. The first-order valence-electron chi connectivity index (χ1n) is 7.43. The van der Waals surface area contributed by atoms with Gasteiger partial charge in [-0.25, -0.2) is 8.42 Å². The topological polar surface area (TPSA) is 78.5 Å². The lowest BCUT2D eigenvalue weighted by atomic mass is 10.3. The van der Waals surface area contributed by atoms with Gasteiger partial charge in [0.05, 0.1) is 5.75 Å². The van der Waals surface area contributed by atoms with Crippen LogP contribution >= 0.6 is 0 Å². The van der Waals surface area contributed by atoms with Crippen molar-refractivity contribution in [1.82, 2.24) is 15.5 Å². The molecule has 1 aliphatic heterocycles. The van der Waals surface area contributed by atoms with E-state index in [0.717, 1.165) is 45.6 Å². The molecule has 0 bridgehead atoms. The normalized spacial score (nSPS) is 17.1. The molecule has 7 heteroatoms. The van der Waals surface area contributed by atoms with E-state index in [1.165, 1.54) is 0 Å². The summed E-state index contributed by atoms with van der Waals surface area (Å²) in [6, 6.07) is 0. The largest absolute Gasteiger partial charge is 0.354 e. The second kappa shape index (κ2) is 9.31. The van der Waals surface area contributed by atoms with Crippen molar-refractivity contribution in [3.8, 4) is 0 Å². The Morgan fingerprint density at radius 1 is 1.25 bits per heavy atom. The van der Waals surface area contributed by atoms with Crippen LogP contribution in [0.1, 0.15) is 26.2 Å². The predicted molar refractivity (Wildman–Crippen MR) is 80.5 cm³/mol. The Hall–Kier alpha value is -0.660. The summed E-state index contributed by atoms with van der Waals surface area (Å²) in [6.07, 6.45) is 2.52. The van der Waals surface area contributed by atoms with E-state index in [4.69, 9.17) is 0 Å². The van der Waals surface area contributed by atoms with Crippen LogP contribution < -0.4 is 10.6 Å². The molecule has 20 heavy (non-hydrogen) atoms. The van der Waals surface area contributed by atoms with Crippen LogP contribution in [-0.2, 0) is 14.6 Å². The van der Waals surface area contributed by atoms with E-state index >= 15 is 0 Å². The summed E-state index contributed by atoms with van der Waals surface area (Å²) in [6.45, 7) is 7.22.